The smallest absolute Gasteiger partial charge is 0.103 e. The topological polar surface area (TPSA) is 38.4 Å². The minimum Gasteiger partial charge on any atom is -0.387 e. The Morgan fingerprint density at radius 3 is 2.67 bits per heavy atom. The summed E-state index contributed by atoms with van der Waals surface area (Å²) in [7, 11) is 0. The Kier molecular flexibility index (Phi) is 4.80. The van der Waals surface area contributed by atoms with E-state index in [9.17, 15) is 0 Å². The number of para-hydroxylation sites is 1. The van der Waals surface area contributed by atoms with Gasteiger partial charge in [-0.3, -0.25) is 0 Å². The predicted molar refractivity (Wildman–Crippen MR) is 78.3 cm³/mol. The van der Waals surface area contributed by atoms with Gasteiger partial charge in [-0.1, -0.05) is 50.8 Å². The molecule has 1 aliphatic carbocycles. The van der Waals surface area contributed by atoms with E-state index >= 15 is 0 Å². The number of amidine groups is 1. The van der Waals surface area contributed by atoms with Gasteiger partial charge in [0.2, 0.25) is 0 Å². The molecule has 0 radical (unpaired) electrons. The van der Waals surface area contributed by atoms with E-state index in [1.165, 1.54) is 37.7 Å². The van der Waals surface area contributed by atoms with Crippen molar-refractivity contribution in [1.29, 1.82) is 0 Å². The van der Waals surface area contributed by atoms with Crippen molar-refractivity contribution in [3.63, 3.8) is 0 Å². The summed E-state index contributed by atoms with van der Waals surface area (Å²) in [6, 6.07) is 8.38. The van der Waals surface area contributed by atoms with Crippen molar-refractivity contribution in [2.45, 2.75) is 51.9 Å². The summed E-state index contributed by atoms with van der Waals surface area (Å²) in [6.07, 6.45) is 8.62. The summed E-state index contributed by atoms with van der Waals surface area (Å²) in [4.78, 5) is 4.70. The average Bonchev–Trinajstić information content (AvgIpc) is 2.42. The van der Waals surface area contributed by atoms with Crippen LogP contribution in [-0.4, -0.2) is 5.84 Å². The number of rotatable bonds is 4. The molecule has 1 aromatic carbocycles. The first-order chi connectivity index (χ1) is 8.81. The fraction of sp³-hybridized carbons (Fsp3) is 0.562. The third kappa shape index (κ3) is 3.34. The Morgan fingerprint density at radius 1 is 1.22 bits per heavy atom. The largest absolute Gasteiger partial charge is 0.387 e. The number of aliphatic imine (C=N–C) groups is 1. The van der Waals surface area contributed by atoms with Crippen LogP contribution in [0.15, 0.2) is 29.3 Å². The standard InChI is InChI=1S/C16H24N2/c1-2-8-13-9-6-7-12-15(13)18-16(17)14-10-4-3-5-11-14/h6-7,9,12,14H,2-5,8,10-11H2,1H3,(H2,17,18). The van der Waals surface area contributed by atoms with Gasteiger partial charge in [0.15, 0.2) is 0 Å². The highest BCUT2D eigenvalue weighted by molar-refractivity contribution is 5.85. The highest BCUT2D eigenvalue weighted by Gasteiger charge is 2.17. The lowest BCUT2D eigenvalue weighted by atomic mass is 9.88. The molecular weight excluding hydrogens is 220 g/mol. The van der Waals surface area contributed by atoms with Crippen molar-refractivity contribution in [1.82, 2.24) is 0 Å². The molecule has 0 saturated heterocycles. The molecule has 0 heterocycles. The maximum atomic E-state index is 6.20. The lowest BCUT2D eigenvalue weighted by Gasteiger charge is -2.21. The zero-order valence-electron chi connectivity index (χ0n) is 11.4. The molecule has 1 aromatic rings. The summed E-state index contributed by atoms with van der Waals surface area (Å²) in [5.74, 6) is 1.35. The quantitative estimate of drug-likeness (QED) is 0.625. The first-order valence-electron chi connectivity index (χ1n) is 7.23. The molecule has 0 aliphatic heterocycles. The molecule has 0 unspecified atom stereocenters. The molecule has 1 saturated carbocycles. The first kappa shape index (κ1) is 13.1. The second kappa shape index (κ2) is 6.58. The van der Waals surface area contributed by atoms with Crippen molar-refractivity contribution in [2.24, 2.45) is 16.6 Å². The van der Waals surface area contributed by atoms with Crippen LogP contribution in [-0.2, 0) is 6.42 Å². The summed E-state index contributed by atoms with van der Waals surface area (Å²) >= 11 is 0. The Labute approximate surface area is 110 Å². The van der Waals surface area contributed by atoms with Gasteiger partial charge in [-0.05, 0) is 30.9 Å². The van der Waals surface area contributed by atoms with Crippen LogP contribution in [0.25, 0.3) is 0 Å². The first-order valence-corrected chi connectivity index (χ1v) is 7.23. The molecule has 0 bridgehead atoms. The zero-order chi connectivity index (χ0) is 12.8. The van der Waals surface area contributed by atoms with E-state index in [0.29, 0.717) is 5.92 Å². The number of benzene rings is 1. The lowest BCUT2D eigenvalue weighted by molar-refractivity contribution is 0.437. The van der Waals surface area contributed by atoms with Crippen molar-refractivity contribution in [3.8, 4) is 0 Å². The van der Waals surface area contributed by atoms with Crippen LogP contribution in [0.5, 0.6) is 0 Å². The van der Waals surface area contributed by atoms with Gasteiger partial charge in [0.1, 0.15) is 5.84 Å². The number of hydrogen-bond acceptors (Lipinski definition) is 1. The van der Waals surface area contributed by atoms with Gasteiger partial charge in [-0.25, -0.2) is 4.99 Å². The SMILES string of the molecule is CCCc1ccccc1N=C(N)C1CCCCC1. The van der Waals surface area contributed by atoms with Crippen LogP contribution in [0.4, 0.5) is 5.69 Å². The molecule has 0 amide bonds. The fourth-order valence-corrected chi connectivity index (χ4v) is 2.73. The van der Waals surface area contributed by atoms with E-state index < -0.39 is 0 Å². The summed E-state index contributed by atoms with van der Waals surface area (Å²) in [5, 5.41) is 0. The molecule has 2 nitrogen and oxygen atoms in total. The Bertz CT molecular complexity index is 403. The maximum Gasteiger partial charge on any atom is 0.103 e. The average molecular weight is 244 g/mol. The van der Waals surface area contributed by atoms with Crippen LogP contribution < -0.4 is 5.73 Å². The maximum absolute atomic E-state index is 6.20. The van der Waals surface area contributed by atoms with Crippen LogP contribution in [0.1, 0.15) is 51.0 Å². The number of nitrogens with two attached hydrogens (primary N) is 1. The van der Waals surface area contributed by atoms with E-state index in [1.54, 1.807) is 0 Å². The minimum atomic E-state index is 0.508. The van der Waals surface area contributed by atoms with Gasteiger partial charge in [-0.15, -0.1) is 0 Å². The van der Waals surface area contributed by atoms with Gasteiger partial charge in [0.05, 0.1) is 5.69 Å². The Balaban J connectivity index is 2.15. The van der Waals surface area contributed by atoms with E-state index in [2.05, 4.69) is 25.1 Å². The van der Waals surface area contributed by atoms with Crippen LogP contribution in [0.2, 0.25) is 0 Å². The Hall–Kier alpha value is -1.31. The summed E-state index contributed by atoms with van der Waals surface area (Å²) in [6.45, 7) is 2.20. The molecule has 2 rings (SSSR count). The van der Waals surface area contributed by atoms with Crippen molar-refractivity contribution in [2.75, 3.05) is 0 Å². The minimum absolute atomic E-state index is 0.508. The number of hydrogen-bond donors (Lipinski definition) is 1. The fourth-order valence-electron chi connectivity index (χ4n) is 2.73. The molecule has 0 aromatic heterocycles. The number of aryl methyl sites for hydroxylation is 1. The van der Waals surface area contributed by atoms with Gasteiger partial charge >= 0.3 is 0 Å². The van der Waals surface area contributed by atoms with Gasteiger partial charge in [0, 0.05) is 5.92 Å². The molecule has 1 fully saturated rings. The van der Waals surface area contributed by atoms with Crippen molar-refractivity contribution < 1.29 is 0 Å². The lowest BCUT2D eigenvalue weighted by Crippen LogP contribution is -2.25. The monoisotopic (exact) mass is 244 g/mol. The normalized spacial score (nSPS) is 17.9. The predicted octanol–water partition coefficient (Wildman–Crippen LogP) is 4.21. The van der Waals surface area contributed by atoms with E-state index in [4.69, 9.17) is 10.7 Å². The second-order valence-corrected chi connectivity index (χ2v) is 5.25. The highest BCUT2D eigenvalue weighted by atomic mass is 14.9. The van der Waals surface area contributed by atoms with Crippen LogP contribution in [0.3, 0.4) is 0 Å². The summed E-state index contributed by atoms with van der Waals surface area (Å²) in [5.41, 5.74) is 8.59. The van der Waals surface area contributed by atoms with Crippen LogP contribution in [0, 0.1) is 5.92 Å². The third-order valence-corrected chi connectivity index (χ3v) is 3.78. The molecule has 2 N–H and O–H groups in total. The molecular formula is C16H24N2. The van der Waals surface area contributed by atoms with E-state index in [1.807, 2.05) is 6.07 Å². The second-order valence-electron chi connectivity index (χ2n) is 5.25. The zero-order valence-corrected chi connectivity index (χ0v) is 11.4. The van der Waals surface area contributed by atoms with Crippen molar-refractivity contribution >= 4 is 11.5 Å². The number of nitrogens with zero attached hydrogens (tertiary/aromatic N) is 1. The van der Waals surface area contributed by atoms with Crippen LogP contribution >= 0.6 is 0 Å². The van der Waals surface area contributed by atoms with E-state index in [-0.39, 0.29) is 0 Å². The Morgan fingerprint density at radius 2 is 1.94 bits per heavy atom. The summed E-state index contributed by atoms with van der Waals surface area (Å²) < 4.78 is 0. The molecule has 18 heavy (non-hydrogen) atoms. The molecule has 2 heteroatoms. The van der Waals surface area contributed by atoms with Crippen molar-refractivity contribution in [3.05, 3.63) is 29.8 Å². The molecule has 98 valence electrons. The van der Waals surface area contributed by atoms with Gasteiger partial charge < -0.3 is 5.73 Å². The highest BCUT2D eigenvalue weighted by Crippen LogP contribution is 2.26. The third-order valence-electron chi connectivity index (χ3n) is 3.78. The molecule has 0 atom stereocenters. The van der Waals surface area contributed by atoms with Gasteiger partial charge in [0.25, 0.3) is 0 Å². The van der Waals surface area contributed by atoms with E-state index in [0.717, 1.165) is 24.4 Å². The molecule has 1 aliphatic rings. The van der Waals surface area contributed by atoms with Gasteiger partial charge in [-0.2, -0.15) is 0 Å². The molecule has 0 spiro atoms.